The highest BCUT2D eigenvalue weighted by molar-refractivity contribution is 7.91. The first-order valence-electron chi connectivity index (χ1n) is 6.79. The number of sulfone groups is 1. The summed E-state index contributed by atoms with van der Waals surface area (Å²) in [5.41, 5.74) is 1.30. The number of benzene rings is 1. The first-order valence-corrected chi connectivity index (χ1v) is 8.44. The van der Waals surface area contributed by atoms with Gasteiger partial charge in [0.15, 0.2) is 9.84 Å². The molecular weight excluding hydrogens is 246 g/mol. The van der Waals surface area contributed by atoms with E-state index in [0.717, 1.165) is 10.5 Å². The second-order valence-electron chi connectivity index (χ2n) is 5.55. The van der Waals surface area contributed by atoms with Crippen molar-refractivity contribution in [2.45, 2.75) is 37.1 Å². The molecule has 1 aromatic rings. The molecule has 0 N–H and O–H groups in total. The van der Waals surface area contributed by atoms with Crippen molar-refractivity contribution in [3.63, 3.8) is 0 Å². The molecule has 2 fully saturated rings. The fourth-order valence-corrected chi connectivity index (χ4v) is 4.66. The van der Waals surface area contributed by atoms with E-state index in [1.165, 1.54) is 31.6 Å². The predicted molar refractivity (Wildman–Crippen MR) is 73.3 cm³/mol. The fraction of sp³-hybridized carbons (Fsp3) is 0.571. The molecule has 1 unspecified atom stereocenters. The van der Waals surface area contributed by atoms with Gasteiger partial charge in [-0.25, -0.2) is 8.42 Å². The summed E-state index contributed by atoms with van der Waals surface area (Å²) in [5.74, 6) is 0.245. The zero-order valence-electron chi connectivity index (χ0n) is 10.8. The molecule has 0 spiro atoms. The van der Waals surface area contributed by atoms with Crippen LogP contribution in [0.1, 0.15) is 26.2 Å². The molecule has 2 aliphatic heterocycles. The summed E-state index contributed by atoms with van der Waals surface area (Å²) in [6.45, 7) is 4.38. The van der Waals surface area contributed by atoms with Crippen LogP contribution in [0.2, 0.25) is 0 Å². The zero-order chi connectivity index (χ0) is 12.8. The van der Waals surface area contributed by atoms with Gasteiger partial charge < -0.3 is 0 Å². The van der Waals surface area contributed by atoms with Gasteiger partial charge in [-0.05, 0) is 18.6 Å². The number of nitrogens with zero attached hydrogens (tertiary/aromatic N) is 1. The lowest BCUT2D eigenvalue weighted by atomic mass is 10.3. The van der Waals surface area contributed by atoms with Crippen molar-refractivity contribution in [3.8, 4) is 0 Å². The zero-order valence-corrected chi connectivity index (χ0v) is 11.6. The molecule has 0 aromatic heterocycles. The number of piperidine rings is 1. The maximum atomic E-state index is 11.9. The minimum Gasteiger partial charge on any atom is -0.279 e. The highest BCUT2D eigenvalue weighted by Crippen LogP contribution is 2.46. The summed E-state index contributed by atoms with van der Waals surface area (Å²) in [7, 11) is -3.06. The molecular formula is C14H20NO2S+. The van der Waals surface area contributed by atoms with E-state index >= 15 is 0 Å². The molecule has 0 radical (unpaired) electrons. The number of hydrogen-bond donors (Lipinski definition) is 0. The Morgan fingerprint density at radius 3 is 2.50 bits per heavy atom. The van der Waals surface area contributed by atoms with E-state index < -0.39 is 9.84 Å². The average Bonchev–Trinajstić information content (AvgIpc) is 2.92. The summed E-state index contributed by atoms with van der Waals surface area (Å²) < 4.78 is 25.0. The van der Waals surface area contributed by atoms with Crippen molar-refractivity contribution < 1.29 is 8.42 Å². The maximum absolute atomic E-state index is 11.9. The largest absolute Gasteiger partial charge is 0.279 e. The molecule has 4 heteroatoms. The SMILES string of the molecule is CCCS(=O)(=O)c1ccc([N+]23CCC[C@@H]2C3)cc1. The highest BCUT2D eigenvalue weighted by atomic mass is 32.2. The van der Waals surface area contributed by atoms with E-state index in [2.05, 4.69) is 0 Å². The summed E-state index contributed by atoms with van der Waals surface area (Å²) in [4.78, 5) is 0.476. The lowest BCUT2D eigenvalue weighted by Gasteiger charge is -2.15. The minimum atomic E-state index is -3.06. The smallest absolute Gasteiger partial charge is 0.178 e. The van der Waals surface area contributed by atoms with Crippen LogP contribution in [0.3, 0.4) is 0 Å². The van der Waals surface area contributed by atoms with Gasteiger partial charge in [0.1, 0.15) is 18.3 Å². The van der Waals surface area contributed by atoms with Crippen molar-refractivity contribution in [1.82, 2.24) is 4.48 Å². The van der Waals surface area contributed by atoms with Crippen LogP contribution in [-0.2, 0) is 9.84 Å². The molecule has 2 saturated heterocycles. The quantitative estimate of drug-likeness (QED) is 0.619. The van der Waals surface area contributed by atoms with Crippen molar-refractivity contribution in [1.29, 1.82) is 0 Å². The molecule has 2 heterocycles. The van der Waals surface area contributed by atoms with Crippen LogP contribution in [0.15, 0.2) is 29.2 Å². The second kappa shape index (κ2) is 4.07. The third-order valence-corrected chi connectivity index (χ3v) is 6.32. The first-order chi connectivity index (χ1) is 8.58. The summed E-state index contributed by atoms with van der Waals surface area (Å²) >= 11 is 0. The highest BCUT2D eigenvalue weighted by Gasteiger charge is 2.59. The normalized spacial score (nSPS) is 30.2. The van der Waals surface area contributed by atoms with Crippen molar-refractivity contribution >= 4 is 15.5 Å². The molecule has 3 nitrogen and oxygen atoms in total. The number of hydrogen-bond acceptors (Lipinski definition) is 2. The Hall–Kier alpha value is -0.870. The van der Waals surface area contributed by atoms with Crippen LogP contribution < -0.4 is 4.48 Å². The Labute approximate surface area is 109 Å². The van der Waals surface area contributed by atoms with Gasteiger partial charge in [-0.15, -0.1) is 0 Å². The van der Waals surface area contributed by atoms with E-state index in [4.69, 9.17) is 0 Å². The monoisotopic (exact) mass is 266 g/mol. The predicted octanol–water partition coefficient (Wildman–Crippen LogP) is 2.35. The fourth-order valence-electron chi connectivity index (χ4n) is 3.33. The first kappa shape index (κ1) is 12.2. The molecule has 0 saturated carbocycles. The van der Waals surface area contributed by atoms with Crippen molar-refractivity contribution in [2.24, 2.45) is 0 Å². The topological polar surface area (TPSA) is 34.1 Å². The summed E-state index contributed by atoms with van der Waals surface area (Å²) in [6.07, 6.45) is 3.31. The third kappa shape index (κ3) is 1.79. The van der Waals surface area contributed by atoms with Gasteiger partial charge in [0.05, 0.1) is 17.2 Å². The van der Waals surface area contributed by atoms with Crippen LogP contribution >= 0.6 is 0 Å². The summed E-state index contributed by atoms with van der Waals surface area (Å²) in [6, 6.07) is 8.44. The van der Waals surface area contributed by atoms with E-state index in [9.17, 15) is 8.42 Å². The van der Waals surface area contributed by atoms with Crippen LogP contribution in [0.5, 0.6) is 0 Å². The molecule has 0 aliphatic carbocycles. The number of rotatable bonds is 4. The van der Waals surface area contributed by atoms with E-state index in [1.807, 2.05) is 19.1 Å². The van der Waals surface area contributed by atoms with Crippen LogP contribution in [-0.4, -0.2) is 33.3 Å². The Balaban J connectivity index is 1.86. The number of fused-ring (bicyclic) bond motifs is 1. The molecule has 2 atom stereocenters. The molecule has 98 valence electrons. The number of quaternary nitrogens is 1. The minimum absolute atomic E-state index is 0.245. The van der Waals surface area contributed by atoms with Crippen molar-refractivity contribution in [3.05, 3.63) is 24.3 Å². The Kier molecular flexibility index (Phi) is 2.75. The van der Waals surface area contributed by atoms with Gasteiger partial charge in [0, 0.05) is 25.0 Å². The Bertz CT molecular complexity index is 550. The van der Waals surface area contributed by atoms with Gasteiger partial charge in [0.25, 0.3) is 0 Å². The van der Waals surface area contributed by atoms with Gasteiger partial charge in [-0.1, -0.05) is 6.92 Å². The maximum Gasteiger partial charge on any atom is 0.178 e. The van der Waals surface area contributed by atoms with Gasteiger partial charge in [-0.2, -0.15) is 0 Å². The average molecular weight is 266 g/mol. The third-order valence-electron chi connectivity index (χ3n) is 4.38. The van der Waals surface area contributed by atoms with E-state index in [-0.39, 0.29) is 5.75 Å². The van der Waals surface area contributed by atoms with Crippen LogP contribution in [0, 0.1) is 0 Å². The lowest BCUT2D eigenvalue weighted by molar-refractivity contribution is 0.567. The molecule has 3 rings (SSSR count). The standard InChI is InChI=1S/C14H20NO2S/c1-2-10-18(16,17)14-7-5-12(6-8-14)15-9-3-4-13(15)11-15/h5-8,13H,2-4,9-11H2,1H3/q+1/t13-,15?/m1/s1. The molecule has 0 amide bonds. The van der Waals surface area contributed by atoms with Crippen molar-refractivity contribution in [2.75, 3.05) is 18.8 Å². The van der Waals surface area contributed by atoms with Gasteiger partial charge in [-0.3, -0.25) is 4.48 Å². The van der Waals surface area contributed by atoms with Crippen LogP contribution in [0.25, 0.3) is 0 Å². The Morgan fingerprint density at radius 1 is 1.28 bits per heavy atom. The molecule has 1 aromatic carbocycles. The van der Waals surface area contributed by atoms with Gasteiger partial charge in [0.2, 0.25) is 0 Å². The van der Waals surface area contributed by atoms with E-state index in [1.54, 1.807) is 12.1 Å². The Morgan fingerprint density at radius 2 is 2.00 bits per heavy atom. The lowest BCUT2D eigenvalue weighted by Crippen LogP contribution is -2.25. The molecule has 2 aliphatic rings. The molecule has 0 bridgehead atoms. The van der Waals surface area contributed by atoms with Crippen LogP contribution in [0.4, 0.5) is 5.69 Å². The van der Waals surface area contributed by atoms with E-state index in [0.29, 0.717) is 11.3 Å². The van der Waals surface area contributed by atoms with Gasteiger partial charge >= 0.3 is 0 Å². The summed E-state index contributed by atoms with van der Waals surface area (Å²) in [5, 5.41) is 0. The molecule has 18 heavy (non-hydrogen) atoms. The second-order valence-corrected chi connectivity index (χ2v) is 7.66.